The summed E-state index contributed by atoms with van der Waals surface area (Å²) < 4.78 is 1.14. The summed E-state index contributed by atoms with van der Waals surface area (Å²) in [6.45, 7) is 2.59. The highest BCUT2D eigenvalue weighted by atomic mass is 32.1. The predicted octanol–water partition coefficient (Wildman–Crippen LogP) is 0.597. The predicted molar refractivity (Wildman–Crippen MR) is 94.7 cm³/mol. The van der Waals surface area contributed by atoms with Crippen molar-refractivity contribution in [2.45, 2.75) is 6.54 Å². The number of anilines is 1. The number of hydrogen-bond donors (Lipinski definition) is 0. The van der Waals surface area contributed by atoms with E-state index in [0.717, 1.165) is 22.9 Å². The van der Waals surface area contributed by atoms with Crippen LogP contribution >= 0.6 is 11.3 Å². The standard InChI is InChI=1S/C16H16N6O2S/c23-14(20-6-8-21(9-7-20)16-17-5-10-25-16)11-22-15(24)12-3-1-2-4-13(12)18-19-22/h1-5,10H,6-9,11H2. The zero-order valence-corrected chi connectivity index (χ0v) is 14.2. The van der Waals surface area contributed by atoms with E-state index in [0.29, 0.717) is 24.0 Å². The summed E-state index contributed by atoms with van der Waals surface area (Å²) in [5, 5.41) is 11.3. The molecule has 0 radical (unpaired) electrons. The highest BCUT2D eigenvalue weighted by Gasteiger charge is 2.23. The van der Waals surface area contributed by atoms with Gasteiger partial charge in [0.1, 0.15) is 12.1 Å². The van der Waals surface area contributed by atoms with E-state index in [1.807, 2.05) is 5.38 Å². The SMILES string of the molecule is O=C(Cn1nnc2ccccc2c1=O)N1CCN(c2nccs2)CC1. The van der Waals surface area contributed by atoms with Gasteiger partial charge in [-0.15, -0.1) is 16.4 Å². The van der Waals surface area contributed by atoms with E-state index in [1.165, 1.54) is 0 Å². The molecular formula is C16H16N6O2S. The Balaban J connectivity index is 1.44. The monoisotopic (exact) mass is 356 g/mol. The van der Waals surface area contributed by atoms with Gasteiger partial charge in [-0.3, -0.25) is 9.59 Å². The number of carbonyl (C=O) groups excluding carboxylic acids is 1. The van der Waals surface area contributed by atoms with Crippen molar-refractivity contribution in [1.29, 1.82) is 0 Å². The smallest absolute Gasteiger partial charge is 0.278 e. The number of nitrogens with zero attached hydrogens (tertiary/aromatic N) is 6. The van der Waals surface area contributed by atoms with Crippen LogP contribution in [0.5, 0.6) is 0 Å². The molecule has 1 amide bonds. The molecule has 128 valence electrons. The normalized spacial score (nSPS) is 14.9. The molecule has 25 heavy (non-hydrogen) atoms. The number of aromatic nitrogens is 4. The minimum atomic E-state index is -0.291. The number of rotatable bonds is 3. The van der Waals surface area contributed by atoms with Crippen molar-refractivity contribution < 1.29 is 4.79 Å². The molecule has 0 aliphatic carbocycles. The van der Waals surface area contributed by atoms with Crippen LogP contribution in [0.2, 0.25) is 0 Å². The van der Waals surface area contributed by atoms with Crippen LogP contribution in [0.25, 0.3) is 10.9 Å². The fraction of sp³-hybridized carbons (Fsp3) is 0.312. The quantitative estimate of drug-likeness (QED) is 0.683. The van der Waals surface area contributed by atoms with Gasteiger partial charge in [-0.2, -0.15) is 0 Å². The molecule has 0 spiro atoms. The van der Waals surface area contributed by atoms with Gasteiger partial charge >= 0.3 is 0 Å². The van der Waals surface area contributed by atoms with Gasteiger partial charge in [0.25, 0.3) is 5.56 Å². The minimum absolute atomic E-state index is 0.0894. The van der Waals surface area contributed by atoms with Gasteiger partial charge in [-0.25, -0.2) is 9.67 Å². The number of carbonyl (C=O) groups is 1. The second kappa shape index (κ2) is 6.60. The number of piperazine rings is 1. The van der Waals surface area contributed by atoms with Crippen LogP contribution in [0.1, 0.15) is 0 Å². The molecule has 0 saturated carbocycles. The lowest BCUT2D eigenvalue weighted by molar-refractivity contribution is -0.132. The molecule has 1 aliphatic heterocycles. The van der Waals surface area contributed by atoms with Crippen molar-refractivity contribution in [3.8, 4) is 0 Å². The molecular weight excluding hydrogens is 340 g/mol. The molecule has 0 unspecified atom stereocenters. The van der Waals surface area contributed by atoms with E-state index in [4.69, 9.17) is 0 Å². The van der Waals surface area contributed by atoms with E-state index >= 15 is 0 Å². The van der Waals surface area contributed by atoms with Crippen molar-refractivity contribution in [2.24, 2.45) is 0 Å². The van der Waals surface area contributed by atoms with Crippen LogP contribution in [-0.2, 0) is 11.3 Å². The van der Waals surface area contributed by atoms with Gasteiger partial charge < -0.3 is 9.80 Å². The molecule has 4 rings (SSSR count). The lowest BCUT2D eigenvalue weighted by Gasteiger charge is -2.34. The van der Waals surface area contributed by atoms with Crippen LogP contribution < -0.4 is 10.5 Å². The number of amides is 1. The Morgan fingerprint density at radius 2 is 1.96 bits per heavy atom. The maximum Gasteiger partial charge on any atom is 0.278 e. The van der Waals surface area contributed by atoms with E-state index in [2.05, 4.69) is 20.2 Å². The highest BCUT2D eigenvalue weighted by Crippen LogP contribution is 2.18. The zero-order valence-electron chi connectivity index (χ0n) is 13.4. The fourth-order valence-corrected chi connectivity index (χ4v) is 3.57. The number of thiazole rings is 1. The Morgan fingerprint density at radius 3 is 2.72 bits per heavy atom. The molecule has 8 nitrogen and oxygen atoms in total. The van der Waals surface area contributed by atoms with Crippen molar-refractivity contribution in [3.63, 3.8) is 0 Å². The Morgan fingerprint density at radius 1 is 1.16 bits per heavy atom. The summed E-state index contributed by atoms with van der Waals surface area (Å²) in [6.07, 6.45) is 1.78. The Labute approximate surface area is 147 Å². The lowest BCUT2D eigenvalue weighted by atomic mass is 10.2. The average molecular weight is 356 g/mol. The summed E-state index contributed by atoms with van der Waals surface area (Å²) in [5.41, 5.74) is 0.244. The summed E-state index contributed by atoms with van der Waals surface area (Å²) in [4.78, 5) is 33.2. The molecule has 1 aliphatic rings. The molecule has 0 N–H and O–H groups in total. The summed E-state index contributed by atoms with van der Waals surface area (Å²) >= 11 is 1.59. The van der Waals surface area contributed by atoms with E-state index in [1.54, 1.807) is 46.7 Å². The summed E-state index contributed by atoms with van der Waals surface area (Å²) in [5.74, 6) is -0.120. The van der Waals surface area contributed by atoms with E-state index in [-0.39, 0.29) is 18.0 Å². The molecule has 1 aromatic carbocycles. The first-order valence-corrected chi connectivity index (χ1v) is 8.85. The molecule has 0 atom stereocenters. The Hall–Kier alpha value is -2.81. The largest absolute Gasteiger partial charge is 0.345 e. The van der Waals surface area contributed by atoms with Gasteiger partial charge in [0.15, 0.2) is 5.13 Å². The van der Waals surface area contributed by atoms with Gasteiger partial charge in [-0.1, -0.05) is 17.3 Å². The van der Waals surface area contributed by atoms with Crippen LogP contribution in [-0.4, -0.2) is 57.0 Å². The van der Waals surface area contributed by atoms with Crippen molar-refractivity contribution >= 4 is 33.3 Å². The molecule has 3 aromatic rings. The van der Waals surface area contributed by atoms with Crippen molar-refractivity contribution in [1.82, 2.24) is 24.9 Å². The van der Waals surface area contributed by atoms with Crippen LogP contribution in [0.4, 0.5) is 5.13 Å². The average Bonchev–Trinajstić information content (AvgIpc) is 3.19. The van der Waals surface area contributed by atoms with Crippen LogP contribution in [0, 0.1) is 0 Å². The third-order valence-corrected chi connectivity index (χ3v) is 5.07. The first kappa shape index (κ1) is 15.7. The van der Waals surface area contributed by atoms with Gasteiger partial charge in [0, 0.05) is 37.8 Å². The Kier molecular flexibility index (Phi) is 4.14. The van der Waals surface area contributed by atoms with Crippen LogP contribution in [0.3, 0.4) is 0 Å². The van der Waals surface area contributed by atoms with Crippen molar-refractivity contribution in [3.05, 3.63) is 46.2 Å². The third kappa shape index (κ3) is 3.10. The van der Waals surface area contributed by atoms with E-state index in [9.17, 15) is 9.59 Å². The van der Waals surface area contributed by atoms with Crippen LogP contribution in [0.15, 0.2) is 40.6 Å². The second-order valence-electron chi connectivity index (χ2n) is 5.75. The zero-order chi connectivity index (χ0) is 17.2. The number of benzene rings is 1. The summed E-state index contributed by atoms with van der Waals surface area (Å²) in [6, 6.07) is 7.00. The van der Waals surface area contributed by atoms with Gasteiger partial charge in [0.05, 0.1) is 5.39 Å². The van der Waals surface area contributed by atoms with Gasteiger partial charge in [0.2, 0.25) is 5.91 Å². The first-order valence-electron chi connectivity index (χ1n) is 7.97. The fourth-order valence-electron chi connectivity index (χ4n) is 2.87. The maximum atomic E-state index is 12.5. The lowest BCUT2D eigenvalue weighted by Crippen LogP contribution is -2.50. The minimum Gasteiger partial charge on any atom is -0.345 e. The maximum absolute atomic E-state index is 12.5. The molecule has 0 bridgehead atoms. The number of fused-ring (bicyclic) bond motifs is 1. The molecule has 1 fully saturated rings. The topological polar surface area (TPSA) is 84.2 Å². The van der Waals surface area contributed by atoms with Crippen molar-refractivity contribution in [2.75, 3.05) is 31.1 Å². The first-order chi connectivity index (χ1) is 12.2. The highest BCUT2D eigenvalue weighted by molar-refractivity contribution is 7.13. The summed E-state index contributed by atoms with van der Waals surface area (Å²) in [7, 11) is 0. The molecule has 9 heteroatoms. The van der Waals surface area contributed by atoms with Gasteiger partial charge in [-0.05, 0) is 12.1 Å². The van der Waals surface area contributed by atoms with E-state index < -0.39 is 0 Å². The molecule has 2 aromatic heterocycles. The molecule has 3 heterocycles. The number of hydrogen-bond acceptors (Lipinski definition) is 7. The third-order valence-electron chi connectivity index (χ3n) is 4.24. The Bertz CT molecular complexity index is 947. The molecule has 1 saturated heterocycles. The second-order valence-corrected chi connectivity index (χ2v) is 6.62.